The first-order chi connectivity index (χ1) is 12.8. The average Bonchev–Trinajstić information content (AvgIpc) is 3.05. The number of hydrogen-bond acceptors (Lipinski definition) is 2. The summed E-state index contributed by atoms with van der Waals surface area (Å²) in [6.07, 6.45) is 11.9. The van der Waals surface area contributed by atoms with Crippen molar-refractivity contribution in [1.82, 2.24) is 0 Å². The summed E-state index contributed by atoms with van der Waals surface area (Å²) >= 11 is 0. The van der Waals surface area contributed by atoms with E-state index in [1.165, 1.54) is 44.1 Å². The minimum Gasteiger partial charge on any atom is -0.489 e. The fourth-order valence-electron chi connectivity index (χ4n) is 4.90. The van der Waals surface area contributed by atoms with E-state index in [0.29, 0.717) is 12.0 Å². The highest BCUT2D eigenvalue weighted by Gasteiger charge is 2.33. The smallest absolute Gasteiger partial charge is 0.303 e. The Balaban J connectivity index is 1.63. The lowest BCUT2D eigenvalue weighted by molar-refractivity contribution is -0.138. The van der Waals surface area contributed by atoms with Crippen LogP contribution in [0.15, 0.2) is 35.9 Å². The van der Waals surface area contributed by atoms with Crippen LogP contribution < -0.4 is 4.74 Å². The fourth-order valence-corrected chi connectivity index (χ4v) is 4.90. The molecule has 0 aromatic heterocycles. The molecule has 3 heteroatoms. The molecule has 3 nitrogen and oxygen atoms in total. The molecule has 1 spiro atoms. The van der Waals surface area contributed by atoms with E-state index >= 15 is 0 Å². The van der Waals surface area contributed by atoms with E-state index in [1.807, 2.05) is 24.3 Å². The van der Waals surface area contributed by atoms with E-state index in [1.54, 1.807) is 0 Å². The summed E-state index contributed by atoms with van der Waals surface area (Å²) in [6.45, 7) is 6.97. The van der Waals surface area contributed by atoms with Crippen LogP contribution in [0.4, 0.5) is 0 Å². The first kappa shape index (κ1) is 20.0. The van der Waals surface area contributed by atoms with E-state index in [4.69, 9.17) is 4.74 Å². The zero-order valence-electron chi connectivity index (χ0n) is 17.1. The molecule has 27 heavy (non-hydrogen) atoms. The Bertz CT molecular complexity index is 673. The molecule has 1 aromatic rings. The zero-order valence-corrected chi connectivity index (χ0v) is 17.1. The van der Waals surface area contributed by atoms with E-state index in [-0.39, 0.29) is 17.8 Å². The number of carboxylic acid groups (broad SMARTS) is 1. The van der Waals surface area contributed by atoms with Gasteiger partial charge in [0.15, 0.2) is 0 Å². The lowest BCUT2D eigenvalue weighted by Crippen LogP contribution is -2.21. The van der Waals surface area contributed by atoms with E-state index in [9.17, 15) is 9.90 Å². The van der Waals surface area contributed by atoms with E-state index < -0.39 is 5.97 Å². The van der Waals surface area contributed by atoms with Gasteiger partial charge in [-0.05, 0) is 72.1 Å². The second kappa shape index (κ2) is 8.08. The normalized spacial score (nSPS) is 20.3. The molecule has 0 amide bonds. The SMILES string of the molecule is CC(C)(C)C(CC(=O)O)c1ccc(OCC2=CC3(CCCC3)CCC2)cc1. The molecular formula is C24H34O3. The predicted molar refractivity (Wildman–Crippen MR) is 109 cm³/mol. The van der Waals surface area contributed by atoms with Gasteiger partial charge in [-0.3, -0.25) is 4.79 Å². The molecule has 0 saturated heterocycles. The second-order valence-electron chi connectivity index (χ2n) is 9.60. The molecule has 2 aliphatic carbocycles. The summed E-state index contributed by atoms with van der Waals surface area (Å²) in [6, 6.07) is 8.04. The Morgan fingerprint density at radius 3 is 2.33 bits per heavy atom. The van der Waals surface area contributed by atoms with E-state index in [0.717, 1.165) is 17.7 Å². The number of carboxylic acids is 1. The van der Waals surface area contributed by atoms with Crippen molar-refractivity contribution in [1.29, 1.82) is 0 Å². The first-order valence-electron chi connectivity index (χ1n) is 10.4. The number of aliphatic carboxylic acids is 1. The van der Waals surface area contributed by atoms with Crippen LogP contribution in [0.1, 0.15) is 83.6 Å². The highest BCUT2D eigenvalue weighted by atomic mass is 16.5. The topological polar surface area (TPSA) is 46.5 Å². The third kappa shape index (κ3) is 5.15. The maximum atomic E-state index is 11.2. The minimum absolute atomic E-state index is 0.00710. The van der Waals surface area contributed by atoms with Crippen molar-refractivity contribution >= 4 is 5.97 Å². The van der Waals surface area contributed by atoms with E-state index in [2.05, 4.69) is 26.8 Å². The summed E-state index contributed by atoms with van der Waals surface area (Å²) in [5.41, 5.74) is 2.89. The molecule has 0 aliphatic heterocycles. The zero-order chi connectivity index (χ0) is 19.5. The highest BCUT2D eigenvalue weighted by Crippen LogP contribution is 2.47. The lowest BCUT2D eigenvalue weighted by atomic mass is 9.74. The van der Waals surface area contributed by atoms with Crippen molar-refractivity contribution in [3.05, 3.63) is 41.5 Å². The van der Waals surface area contributed by atoms with Crippen LogP contribution in [0.2, 0.25) is 0 Å². The van der Waals surface area contributed by atoms with Gasteiger partial charge in [-0.25, -0.2) is 0 Å². The molecule has 2 aliphatic rings. The van der Waals surface area contributed by atoms with Gasteiger partial charge in [0.2, 0.25) is 0 Å². The molecular weight excluding hydrogens is 336 g/mol. The highest BCUT2D eigenvalue weighted by molar-refractivity contribution is 5.68. The number of rotatable bonds is 6. The molecule has 0 heterocycles. The largest absolute Gasteiger partial charge is 0.489 e. The molecule has 0 radical (unpaired) electrons. The minimum atomic E-state index is -0.750. The monoisotopic (exact) mass is 370 g/mol. The van der Waals surface area contributed by atoms with Gasteiger partial charge in [0.25, 0.3) is 0 Å². The van der Waals surface area contributed by atoms with Gasteiger partial charge in [0.1, 0.15) is 12.4 Å². The predicted octanol–water partition coefficient (Wildman–Crippen LogP) is 6.34. The standard InChI is InChI=1S/C24H34O3/c1-23(2,3)21(15-22(25)26)19-8-10-20(11-9-19)27-17-18-7-6-14-24(16-18)12-4-5-13-24/h8-11,16,21H,4-7,12-15,17H2,1-3H3,(H,25,26). The molecule has 1 atom stereocenters. The Hall–Kier alpha value is -1.77. The third-order valence-corrected chi connectivity index (χ3v) is 6.41. The molecule has 148 valence electrons. The van der Waals surface area contributed by atoms with Crippen molar-refractivity contribution < 1.29 is 14.6 Å². The van der Waals surface area contributed by atoms with Crippen molar-refractivity contribution in [3.63, 3.8) is 0 Å². The number of ether oxygens (including phenoxy) is 1. The second-order valence-corrected chi connectivity index (χ2v) is 9.60. The first-order valence-corrected chi connectivity index (χ1v) is 10.4. The molecule has 1 unspecified atom stereocenters. The Labute approximate surface area is 163 Å². The molecule has 0 bridgehead atoms. The maximum absolute atomic E-state index is 11.2. The van der Waals surface area contributed by atoms with Gasteiger partial charge < -0.3 is 9.84 Å². The Kier molecular flexibility index (Phi) is 5.98. The summed E-state index contributed by atoms with van der Waals surface area (Å²) < 4.78 is 6.07. The van der Waals surface area contributed by atoms with Crippen LogP contribution in [-0.4, -0.2) is 17.7 Å². The van der Waals surface area contributed by atoms with Crippen molar-refractivity contribution in [2.45, 2.75) is 78.1 Å². The van der Waals surface area contributed by atoms with Crippen LogP contribution >= 0.6 is 0 Å². The summed E-state index contributed by atoms with van der Waals surface area (Å²) in [5.74, 6) is 0.112. The van der Waals surface area contributed by atoms with Crippen molar-refractivity contribution in [2.75, 3.05) is 6.61 Å². The molecule has 1 fully saturated rings. The average molecular weight is 371 g/mol. The van der Waals surface area contributed by atoms with Gasteiger partial charge in [-0.1, -0.05) is 51.8 Å². The van der Waals surface area contributed by atoms with Gasteiger partial charge in [-0.15, -0.1) is 0 Å². The molecule has 1 saturated carbocycles. The van der Waals surface area contributed by atoms with Gasteiger partial charge in [0.05, 0.1) is 6.42 Å². The number of allylic oxidation sites excluding steroid dienone is 1. The van der Waals surface area contributed by atoms with Crippen LogP contribution in [0.5, 0.6) is 5.75 Å². The Morgan fingerprint density at radius 2 is 1.74 bits per heavy atom. The Morgan fingerprint density at radius 1 is 1.11 bits per heavy atom. The molecule has 1 N–H and O–H groups in total. The summed E-state index contributed by atoms with van der Waals surface area (Å²) in [4.78, 5) is 11.2. The fraction of sp³-hybridized carbons (Fsp3) is 0.625. The van der Waals surface area contributed by atoms with Crippen LogP contribution in [0, 0.1) is 10.8 Å². The summed E-state index contributed by atoms with van der Waals surface area (Å²) in [7, 11) is 0. The third-order valence-electron chi connectivity index (χ3n) is 6.41. The number of benzene rings is 1. The van der Waals surface area contributed by atoms with Gasteiger partial charge >= 0.3 is 5.97 Å². The van der Waals surface area contributed by atoms with Crippen molar-refractivity contribution in [3.8, 4) is 5.75 Å². The van der Waals surface area contributed by atoms with Crippen LogP contribution in [-0.2, 0) is 4.79 Å². The number of hydrogen-bond donors (Lipinski definition) is 1. The van der Waals surface area contributed by atoms with Gasteiger partial charge in [0, 0.05) is 0 Å². The lowest BCUT2D eigenvalue weighted by Gasteiger charge is -2.31. The molecule has 3 rings (SSSR count). The quantitative estimate of drug-likeness (QED) is 0.594. The number of carbonyl (C=O) groups is 1. The molecule has 1 aromatic carbocycles. The van der Waals surface area contributed by atoms with Crippen LogP contribution in [0.3, 0.4) is 0 Å². The maximum Gasteiger partial charge on any atom is 0.303 e. The summed E-state index contributed by atoms with van der Waals surface area (Å²) in [5, 5.41) is 9.25. The van der Waals surface area contributed by atoms with Gasteiger partial charge in [-0.2, -0.15) is 0 Å². The van der Waals surface area contributed by atoms with Crippen molar-refractivity contribution in [2.24, 2.45) is 10.8 Å². The van der Waals surface area contributed by atoms with Crippen LogP contribution in [0.25, 0.3) is 0 Å².